The van der Waals surface area contributed by atoms with Crippen molar-refractivity contribution in [3.63, 3.8) is 0 Å². The smallest absolute Gasteiger partial charge is 0.265 e. The first-order chi connectivity index (χ1) is 13.8. The molecule has 0 fully saturated rings. The third kappa shape index (κ3) is 3.95. The highest BCUT2D eigenvalue weighted by molar-refractivity contribution is 7.90. The molecule has 29 heavy (non-hydrogen) atoms. The normalized spacial score (nSPS) is 11.0. The minimum Gasteiger partial charge on any atom is -0.480 e. The monoisotopic (exact) mass is 411 g/mol. The van der Waals surface area contributed by atoms with Gasteiger partial charge in [-0.05, 0) is 36.8 Å². The van der Waals surface area contributed by atoms with Crippen LogP contribution < -0.4 is 9.46 Å². The van der Waals surface area contributed by atoms with Crippen LogP contribution in [0.3, 0.4) is 0 Å². The highest BCUT2D eigenvalue weighted by Gasteiger charge is 2.21. The number of aromatic nitrogens is 3. The first-order valence-corrected chi connectivity index (χ1v) is 9.89. The van der Waals surface area contributed by atoms with Crippen LogP contribution in [0, 0.1) is 18.3 Å². The summed E-state index contributed by atoms with van der Waals surface area (Å²) in [6.07, 6.45) is 1.14. The number of amides is 1. The van der Waals surface area contributed by atoms with Crippen LogP contribution in [0.15, 0.2) is 47.5 Å². The molecule has 0 aliphatic carbocycles. The van der Waals surface area contributed by atoms with Crippen LogP contribution in [-0.2, 0) is 14.8 Å². The van der Waals surface area contributed by atoms with E-state index < -0.39 is 15.9 Å². The Hall–Kier alpha value is -3.71. The van der Waals surface area contributed by atoms with Gasteiger partial charge in [0.2, 0.25) is 11.8 Å². The predicted octanol–water partition coefficient (Wildman–Crippen LogP) is 1.95. The second kappa shape index (κ2) is 7.73. The molecule has 0 aliphatic rings. The van der Waals surface area contributed by atoms with Crippen molar-refractivity contribution < 1.29 is 17.9 Å². The van der Waals surface area contributed by atoms with Gasteiger partial charge in [0.15, 0.2) is 5.82 Å². The van der Waals surface area contributed by atoms with Crippen molar-refractivity contribution in [2.24, 2.45) is 0 Å². The molecule has 1 amide bonds. The fourth-order valence-corrected chi connectivity index (χ4v) is 3.73. The minimum absolute atomic E-state index is 0.147. The third-order valence-electron chi connectivity index (χ3n) is 4.04. The van der Waals surface area contributed by atoms with E-state index in [9.17, 15) is 13.2 Å². The molecule has 0 radical (unpaired) electrons. The summed E-state index contributed by atoms with van der Waals surface area (Å²) in [5.74, 6) is 0.0642. The number of nitriles is 1. The average Bonchev–Trinajstić information content (AvgIpc) is 3.03. The zero-order valence-electron chi connectivity index (χ0n) is 15.9. The third-order valence-corrected chi connectivity index (χ3v) is 5.46. The fourth-order valence-electron chi connectivity index (χ4n) is 2.80. The number of rotatable bonds is 5. The van der Waals surface area contributed by atoms with Crippen LogP contribution >= 0.6 is 0 Å². The maximum absolute atomic E-state index is 12.1. The van der Waals surface area contributed by atoms with E-state index >= 15 is 0 Å². The maximum atomic E-state index is 12.1. The van der Waals surface area contributed by atoms with Gasteiger partial charge in [-0.25, -0.2) is 18.1 Å². The number of pyridine rings is 1. The molecule has 148 valence electrons. The molecule has 0 unspecified atom stereocenters. The van der Waals surface area contributed by atoms with Crippen LogP contribution in [0.2, 0.25) is 0 Å². The molecule has 0 saturated heterocycles. The Labute approximate surface area is 167 Å². The van der Waals surface area contributed by atoms with E-state index in [-0.39, 0.29) is 4.90 Å². The van der Waals surface area contributed by atoms with Crippen molar-refractivity contribution in [2.45, 2.75) is 18.7 Å². The number of carbonyl (C=O) groups is 1. The SMILES string of the molecule is COc1c(-c2ccc(C#N)cc2)c(C)nn1-c1ccc(S(=O)(=O)NC(C)=O)cn1. The Morgan fingerprint density at radius 2 is 1.90 bits per heavy atom. The van der Waals surface area contributed by atoms with Crippen LogP contribution in [-0.4, -0.2) is 36.2 Å². The molecule has 3 rings (SSSR count). The van der Waals surface area contributed by atoms with E-state index in [1.807, 2.05) is 11.6 Å². The summed E-state index contributed by atoms with van der Waals surface area (Å²) in [7, 11) is -2.48. The Kier molecular flexibility index (Phi) is 5.34. The lowest BCUT2D eigenvalue weighted by Gasteiger charge is -2.09. The summed E-state index contributed by atoms with van der Waals surface area (Å²) in [4.78, 5) is 15.1. The van der Waals surface area contributed by atoms with Gasteiger partial charge < -0.3 is 4.74 Å². The topological polar surface area (TPSA) is 127 Å². The number of hydrogen-bond acceptors (Lipinski definition) is 7. The molecular formula is C19H17N5O4S. The number of carbonyl (C=O) groups excluding carboxylic acids is 1. The number of hydrogen-bond donors (Lipinski definition) is 1. The Balaban J connectivity index is 2.04. The molecule has 1 N–H and O–H groups in total. The van der Waals surface area contributed by atoms with Crippen LogP contribution in [0.25, 0.3) is 16.9 Å². The lowest BCUT2D eigenvalue weighted by atomic mass is 10.0. The molecule has 10 heteroatoms. The standard InChI is InChI=1S/C19H17N5O4S/c1-12-18(15-6-4-14(10-20)5-7-15)19(28-3)24(22-12)17-9-8-16(11-21-17)29(26,27)23-13(2)25/h4-9,11H,1-3H3,(H,23,25). The van der Waals surface area contributed by atoms with E-state index in [1.54, 1.807) is 24.3 Å². The number of methoxy groups -OCH3 is 1. The predicted molar refractivity (Wildman–Crippen MR) is 104 cm³/mol. The summed E-state index contributed by atoms with van der Waals surface area (Å²) in [6.45, 7) is 2.92. The van der Waals surface area contributed by atoms with E-state index in [4.69, 9.17) is 10.00 Å². The highest BCUT2D eigenvalue weighted by atomic mass is 32.2. The first kappa shape index (κ1) is 20.0. The molecule has 0 aliphatic heterocycles. The summed E-state index contributed by atoms with van der Waals surface area (Å²) in [5, 5.41) is 13.4. The van der Waals surface area contributed by atoms with Crippen molar-refractivity contribution >= 4 is 15.9 Å². The van der Waals surface area contributed by atoms with Crippen molar-refractivity contribution in [1.82, 2.24) is 19.5 Å². The van der Waals surface area contributed by atoms with Crippen molar-refractivity contribution in [3.8, 4) is 28.9 Å². The van der Waals surface area contributed by atoms with Crippen LogP contribution in [0.4, 0.5) is 0 Å². The second-order valence-electron chi connectivity index (χ2n) is 6.08. The number of benzene rings is 1. The van der Waals surface area contributed by atoms with Crippen LogP contribution in [0.5, 0.6) is 5.88 Å². The molecule has 0 atom stereocenters. The molecule has 2 heterocycles. The summed E-state index contributed by atoms with van der Waals surface area (Å²) >= 11 is 0. The summed E-state index contributed by atoms with van der Waals surface area (Å²) < 4.78 is 33.0. The molecule has 2 aromatic heterocycles. The molecule has 9 nitrogen and oxygen atoms in total. The first-order valence-electron chi connectivity index (χ1n) is 8.41. The maximum Gasteiger partial charge on any atom is 0.265 e. The van der Waals surface area contributed by atoms with Gasteiger partial charge in [-0.15, -0.1) is 0 Å². The van der Waals surface area contributed by atoms with Gasteiger partial charge in [-0.1, -0.05) is 12.1 Å². The molecular weight excluding hydrogens is 394 g/mol. The highest BCUT2D eigenvalue weighted by Crippen LogP contribution is 2.34. The quantitative estimate of drug-likeness (QED) is 0.680. The summed E-state index contributed by atoms with van der Waals surface area (Å²) in [5.41, 5.74) is 2.75. The van der Waals surface area contributed by atoms with Crippen molar-refractivity contribution in [2.75, 3.05) is 7.11 Å². The van der Waals surface area contributed by atoms with E-state index in [0.717, 1.165) is 24.2 Å². The second-order valence-corrected chi connectivity index (χ2v) is 7.77. The number of nitrogens with zero attached hydrogens (tertiary/aromatic N) is 4. The average molecular weight is 411 g/mol. The summed E-state index contributed by atoms with van der Waals surface area (Å²) in [6, 6.07) is 11.9. The van der Waals surface area contributed by atoms with Gasteiger partial charge in [0.1, 0.15) is 4.90 Å². The van der Waals surface area contributed by atoms with Gasteiger partial charge in [-0.3, -0.25) is 4.79 Å². The lowest BCUT2D eigenvalue weighted by molar-refractivity contribution is -0.117. The Morgan fingerprint density at radius 1 is 1.21 bits per heavy atom. The van der Waals surface area contributed by atoms with Gasteiger partial charge >= 0.3 is 0 Å². The molecule has 3 aromatic rings. The van der Waals surface area contributed by atoms with E-state index in [2.05, 4.69) is 16.2 Å². The lowest BCUT2D eigenvalue weighted by Crippen LogP contribution is -2.28. The molecule has 1 aromatic carbocycles. The van der Waals surface area contributed by atoms with E-state index in [0.29, 0.717) is 23.0 Å². The van der Waals surface area contributed by atoms with Gasteiger partial charge in [-0.2, -0.15) is 15.0 Å². The number of aryl methyl sites for hydroxylation is 1. The fraction of sp³-hybridized carbons (Fsp3) is 0.158. The van der Waals surface area contributed by atoms with Crippen LogP contribution in [0.1, 0.15) is 18.2 Å². The Morgan fingerprint density at radius 3 is 2.41 bits per heavy atom. The van der Waals surface area contributed by atoms with Gasteiger partial charge in [0.05, 0.1) is 30.0 Å². The minimum atomic E-state index is -3.98. The molecule has 0 spiro atoms. The van der Waals surface area contributed by atoms with Crippen molar-refractivity contribution in [3.05, 3.63) is 53.9 Å². The van der Waals surface area contributed by atoms with Gasteiger partial charge in [0, 0.05) is 13.1 Å². The zero-order chi connectivity index (χ0) is 21.2. The van der Waals surface area contributed by atoms with E-state index in [1.165, 1.54) is 23.9 Å². The number of nitrogens with one attached hydrogen (secondary N) is 1. The molecule has 0 bridgehead atoms. The van der Waals surface area contributed by atoms with Gasteiger partial charge in [0.25, 0.3) is 10.0 Å². The number of sulfonamides is 1. The largest absolute Gasteiger partial charge is 0.480 e. The molecule has 0 saturated carbocycles. The number of ether oxygens (including phenoxy) is 1. The Bertz CT molecular complexity index is 1210. The zero-order valence-corrected chi connectivity index (χ0v) is 16.7. The van der Waals surface area contributed by atoms with Crippen molar-refractivity contribution in [1.29, 1.82) is 5.26 Å².